The molecule has 0 spiro atoms. The Bertz CT molecular complexity index is 334. The zero-order valence-corrected chi connectivity index (χ0v) is 11.2. The van der Waals surface area contributed by atoms with Crippen LogP contribution >= 0.6 is 0 Å². The molecular formula is C13H22N2O2. The highest BCUT2D eigenvalue weighted by Gasteiger charge is 2.42. The highest BCUT2D eigenvalue weighted by Crippen LogP contribution is 2.32. The second-order valence-corrected chi connectivity index (χ2v) is 4.44. The molecule has 1 aliphatic rings. The van der Waals surface area contributed by atoms with Gasteiger partial charge in [0.15, 0.2) is 0 Å². The Morgan fingerprint density at radius 3 is 2.59 bits per heavy atom. The Hall–Kier alpha value is -1.32. The van der Waals surface area contributed by atoms with Gasteiger partial charge in [0.05, 0.1) is 14.2 Å². The summed E-state index contributed by atoms with van der Waals surface area (Å²) in [5.41, 5.74) is -0.410. The minimum atomic E-state index is -0.410. The zero-order valence-electron chi connectivity index (χ0n) is 11.2. The molecule has 1 unspecified atom stereocenters. The summed E-state index contributed by atoms with van der Waals surface area (Å²) in [6, 6.07) is 0. The monoisotopic (exact) mass is 238 g/mol. The summed E-state index contributed by atoms with van der Waals surface area (Å²) in [6.45, 7) is 8.48. The summed E-state index contributed by atoms with van der Waals surface area (Å²) in [7, 11) is 3.28. The van der Waals surface area contributed by atoms with Crippen molar-refractivity contribution in [2.45, 2.75) is 32.2 Å². The maximum Gasteiger partial charge on any atom is 0.212 e. The molecule has 0 saturated carbocycles. The smallest absolute Gasteiger partial charge is 0.212 e. The number of hydrogen-bond acceptors (Lipinski definition) is 4. The molecule has 1 atom stereocenters. The van der Waals surface area contributed by atoms with Gasteiger partial charge in [0, 0.05) is 0 Å². The minimum Gasteiger partial charge on any atom is -0.483 e. The molecule has 1 aliphatic heterocycles. The second-order valence-electron chi connectivity index (χ2n) is 4.44. The van der Waals surface area contributed by atoms with Crippen molar-refractivity contribution in [1.29, 1.82) is 0 Å². The first-order valence-corrected chi connectivity index (χ1v) is 5.93. The fourth-order valence-electron chi connectivity index (χ4n) is 2.08. The van der Waals surface area contributed by atoms with Crippen molar-refractivity contribution in [3.63, 3.8) is 0 Å². The van der Waals surface area contributed by atoms with Crippen LogP contribution in [0.1, 0.15) is 26.7 Å². The number of hydrogen-bond donors (Lipinski definition) is 0. The van der Waals surface area contributed by atoms with Crippen molar-refractivity contribution >= 4 is 11.8 Å². The van der Waals surface area contributed by atoms with Gasteiger partial charge >= 0.3 is 0 Å². The van der Waals surface area contributed by atoms with E-state index in [0.717, 1.165) is 12.8 Å². The number of nitrogens with zero attached hydrogens (tertiary/aromatic N) is 2. The van der Waals surface area contributed by atoms with Crippen molar-refractivity contribution in [1.82, 2.24) is 0 Å². The summed E-state index contributed by atoms with van der Waals surface area (Å²) in [6.07, 6.45) is 3.61. The van der Waals surface area contributed by atoms with Gasteiger partial charge in [-0.2, -0.15) is 0 Å². The van der Waals surface area contributed by atoms with Crippen molar-refractivity contribution in [2.24, 2.45) is 15.9 Å². The molecule has 0 aliphatic carbocycles. The van der Waals surface area contributed by atoms with E-state index in [1.807, 2.05) is 6.08 Å². The molecule has 0 radical (unpaired) electrons. The van der Waals surface area contributed by atoms with Crippen LogP contribution in [0, 0.1) is 5.92 Å². The Labute approximate surface area is 103 Å². The van der Waals surface area contributed by atoms with Crippen LogP contribution in [0.15, 0.2) is 22.6 Å². The molecule has 4 heteroatoms. The zero-order chi connectivity index (χ0) is 12.9. The van der Waals surface area contributed by atoms with Crippen LogP contribution < -0.4 is 0 Å². The van der Waals surface area contributed by atoms with Crippen LogP contribution in [0.4, 0.5) is 0 Å². The van der Waals surface area contributed by atoms with E-state index in [2.05, 4.69) is 25.4 Å². The van der Waals surface area contributed by atoms with E-state index in [1.165, 1.54) is 0 Å². The quantitative estimate of drug-likeness (QED) is 0.706. The van der Waals surface area contributed by atoms with E-state index in [-0.39, 0.29) is 0 Å². The van der Waals surface area contributed by atoms with E-state index in [1.54, 1.807) is 14.2 Å². The van der Waals surface area contributed by atoms with Gasteiger partial charge in [-0.25, -0.2) is 9.98 Å². The Kier molecular flexibility index (Phi) is 4.73. The number of methoxy groups -OCH3 is 2. The summed E-state index contributed by atoms with van der Waals surface area (Å²) < 4.78 is 10.6. The van der Waals surface area contributed by atoms with E-state index < -0.39 is 5.54 Å². The van der Waals surface area contributed by atoms with Crippen LogP contribution in [-0.2, 0) is 9.47 Å². The fourth-order valence-corrected chi connectivity index (χ4v) is 2.08. The standard InChI is InChI=1S/C13H22N2O2/c1-6-7-8-13(10(2)3)12(17-5)14-9-11(15-13)16-4/h6,10H,1,7-9H2,2-5H3. The van der Waals surface area contributed by atoms with Gasteiger partial charge in [-0.3, -0.25) is 0 Å². The lowest BCUT2D eigenvalue weighted by molar-refractivity contribution is 0.275. The summed E-state index contributed by atoms with van der Waals surface area (Å²) in [4.78, 5) is 9.14. The minimum absolute atomic E-state index is 0.298. The Morgan fingerprint density at radius 2 is 2.12 bits per heavy atom. The first-order valence-electron chi connectivity index (χ1n) is 5.93. The molecule has 0 bridgehead atoms. The number of aliphatic imine (C=N–C) groups is 2. The van der Waals surface area contributed by atoms with Crippen molar-refractivity contribution in [2.75, 3.05) is 20.8 Å². The third kappa shape index (κ3) is 2.68. The van der Waals surface area contributed by atoms with Gasteiger partial charge in [-0.15, -0.1) is 6.58 Å². The molecule has 0 fully saturated rings. The third-order valence-corrected chi connectivity index (χ3v) is 3.17. The normalized spacial score (nSPS) is 24.1. The van der Waals surface area contributed by atoms with Crippen LogP contribution in [-0.4, -0.2) is 38.1 Å². The summed E-state index contributed by atoms with van der Waals surface area (Å²) in [5, 5.41) is 0. The van der Waals surface area contributed by atoms with Gasteiger partial charge in [0.25, 0.3) is 0 Å². The average Bonchev–Trinajstić information content (AvgIpc) is 2.35. The Morgan fingerprint density at radius 1 is 1.41 bits per heavy atom. The summed E-state index contributed by atoms with van der Waals surface area (Å²) in [5.74, 6) is 1.67. The SMILES string of the molecule is C=CCCC1(C(C)C)N=C(OC)CN=C1OC. The number of rotatable bonds is 4. The Balaban J connectivity index is 3.10. The molecule has 0 saturated heterocycles. The topological polar surface area (TPSA) is 43.2 Å². The first-order chi connectivity index (χ1) is 8.10. The van der Waals surface area contributed by atoms with Gasteiger partial charge < -0.3 is 9.47 Å². The molecule has 0 N–H and O–H groups in total. The van der Waals surface area contributed by atoms with Crippen molar-refractivity contribution in [3.8, 4) is 0 Å². The molecule has 1 rings (SSSR count). The van der Waals surface area contributed by atoms with Crippen LogP contribution in [0.2, 0.25) is 0 Å². The van der Waals surface area contributed by atoms with Crippen molar-refractivity contribution in [3.05, 3.63) is 12.7 Å². The molecule has 0 aromatic heterocycles. The second kappa shape index (κ2) is 5.84. The maximum absolute atomic E-state index is 5.41. The molecular weight excluding hydrogens is 216 g/mol. The number of allylic oxidation sites excluding steroid dienone is 1. The highest BCUT2D eigenvalue weighted by atomic mass is 16.5. The van der Waals surface area contributed by atoms with Crippen LogP contribution in [0.3, 0.4) is 0 Å². The van der Waals surface area contributed by atoms with Gasteiger partial charge in [0.2, 0.25) is 11.8 Å². The molecule has 0 amide bonds. The van der Waals surface area contributed by atoms with E-state index in [0.29, 0.717) is 24.3 Å². The number of ether oxygens (including phenoxy) is 2. The van der Waals surface area contributed by atoms with Gasteiger partial charge in [-0.05, 0) is 18.8 Å². The van der Waals surface area contributed by atoms with E-state index in [4.69, 9.17) is 14.5 Å². The highest BCUT2D eigenvalue weighted by molar-refractivity contribution is 5.95. The largest absolute Gasteiger partial charge is 0.483 e. The van der Waals surface area contributed by atoms with Gasteiger partial charge in [0.1, 0.15) is 12.1 Å². The van der Waals surface area contributed by atoms with Crippen LogP contribution in [0.5, 0.6) is 0 Å². The lowest BCUT2D eigenvalue weighted by atomic mass is 9.81. The third-order valence-electron chi connectivity index (χ3n) is 3.17. The molecule has 1 heterocycles. The van der Waals surface area contributed by atoms with Crippen molar-refractivity contribution < 1.29 is 9.47 Å². The predicted octanol–water partition coefficient (Wildman–Crippen LogP) is 2.45. The first kappa shape index (κ1) is 13.7. The lowest BCUT2D eigenvalue weighted by Gasteiger charge is -2.36. The van der Waals surface area contributed by atoms with E-state index in [9.17, 15) is 0 Å². The van der Waals surface area contributed by atoms with E-state index >= 15 is 0 Å². The maximum atomic E-state index is 5.41. The molecule has 4 nitrogen and oxygen atoms in total. The van der Waals surface area contributed by atoms with Gasteiger partial charge in [-0.1, -0.05) is 19.9 Å². The fraction of sp³-hybridized carbons (Fsp3) is 0.692. The average molecular weight is 238 g/mol. The predicted molar refractivity (Wildman–Crippen MR) is 70.8 cm³/mol. The van der Waals surface area contributed by atoms with Crippen LogP contribution in [0.25, 0.3) is 0 Å². The molecule has 0 aromatic carbocycles. The molecule has 96 valence electrons. The summed E-state index contributed by atoms with van der Waals surface area (Å²) >= 11 is 0. The molecule has 17 heavy (non-hydrogen) atoms. The lowest BCUT2D eigenvalue weighted by Crippen LogP contribution is -2.46. The molecule has 0 aromatic rings.